The van der Waals surface area contributed by atoms with Crippen LogP contribution in [0.25, 0.3) is 10.2 Å². The van der Waals surface area contributed by atoms with Gasteiger partial charge < -0.3 is 10.2 Å². The Bertz CT molecular complexity index is 1560. The Hall–Kier alpha value is -2.60. The van der Waals surface area contributed by atoms with Crippen molar-refractivity contribution in [2.45, 2.75) is 4.90 Å². The molecule has 8 nitrogen and oxygen atoms in total. The molecule has 1 saturated heterocycles. The molecule has 13 heteroatoms. The van der Waals surface area contributed by atoms with E-state index < -0.39 is 10.0 Å². The maximum absolute atomic E-state index is 12.9. The summed E-state index contributed by atoms with van der Waals surface area (Å²) in [5.41, 5.74) is 1.42. The fourth-order valence-electron chi connectivity index (χ4n) is 4.19. The third kappa shape index (κ3) is 7.13. The molecule has 2 heterocycles. The molecule has 1 aromatic heterocycles. The fraction of sp³-hybridized carbons (Fsp3) is 0.231. The molecule has 206 valence electrons. The van der Waals surface area contributed by atoms with Gasteiger partial charge in [0.15, 0.2) is 5.13 Å². The smallest absolute Gasteiger partial charge is 0.261 e. The van der Waals surface area contributed by atoms with E-state index in [-0.39, 0.29) is 34.5 Å². The number of aromatic nitrogens is 1. The van der Waals surface area contributed by atoms with Crippen LogP contribution in [0.15, 0.2) is 71.6 Å². The average molecular weight is 627 g/mol. The lowest BCUT2D eigenvalue weighted by Crippen LogP contribution is -2.48. The Kier molecular flexibility index (Phi) is 9.58. The number of halogens is 3. The van der Waals surface area contributed by atoms with Gasteiger partial charge in [-0.3, -0.25) is 14.4 Å². The summed E-state index contributed by atoms with van der Waals surface area (Å²) in [4.78, 5) is 22.3. The van der Waals surface area contributed by atoms with Gasteiger partial charge in [0, 0.05) is 49.3 Å². The summed E-state index contributed by atoms with van der Waals surface area (Å²) in [6, 6.07) is 18.1. The molecule has 1 aliphatic heterocycles. The standard InChI is InChI=1S/C26H25Cl2N5O3S2.ClH/c27-18-5-8-20(9-6-18)38(35,36)31-22-4-2-1-3-21(22)25(34)29-11-12-32-13-15-33(16-14-32)26-30-23-10-7-19(28)17-24(23)37-26;/h1-10,17,31H,11-16H2,(H,29,34);1H. The molecule has 0 saturated carbocycles. The molecule has 5 rings (SSSR count). The van der Waals surface area contributed by atoms with E-state index in [0.717, 1.165) is 41.5 Å². The van der Waals surface area contributed by atoms with Crippen molar-refractivity contribution in [3.63, 3.8) is 0 Å². The Morgan fingerprint density at radius 1 is 0.949 bits per heavy atom. The lowest BCUT2D eigenvalue weighted by molar-refractivity contribution is 0.0948. The number of piperazine rings is 1. The van der Waals surface area contributed by atoms with Crippen LogP contribution in [-0.2, 0) is 10.0 Å². The number of thiazole rings is 1. The van der Waals surface area contributed by atoms with Crippen molar-refractivity contribution >= 4 is 83.9 Å². The fourth-order valence-corrected chi connectivity index (χ4v) is 6.69. The zero-order valence-corrected chi connectivity index (χ0v) is 24.6. The number of amides is 1. The molecule has 1 aliphatic rings. The second-order valence-electron chi connectivity index (χ2n) is 8.80. The molecule has 0 radical (unpaired) electrons. The molecule has 2 N–H and O–H groups in total. The summed E-state index contributed by atoms with van der Waals surface area (Å²) < 4.78 is 29.2. The van der Waals surface area contributed by atoms with Crippen molar-refractivity contribution in [2.75, 3.05) is 48.9 Å². The minimum atomic E-state index is -3.88. The topological polar surface area (TPSA) is 94.6 Å². The van der Waals surface area contributed by atoms with Crippen molar-refractivity contribution < 1.29 is 13.2 Å². The Morgan fingerprint density at radius 3 is 2.38 bits per heavy atom. The zero-order valence-electron chi connectivity index (χ0n) is 20.6. The number of sulfonamides is 1. The predicted molar refractivity (Wildman–Crippen MR) is 162 cm³/mol. The number of benzene rings is 3. The molecule has 0 unspecified atom stereocenters. The van der Waals surface area contributed by atoms with E-state index in [1.807, 2.05) is 18.2 Å². The first-order chi connectivity index (χ1) is 18.3. The Balaban J connectivity index is 0.00000353. The van der Waals surface area contributed by atoms with Crippen molar-refractivity contribution in [1.82, 2.24) is 15.2 Å². The summed E-state index contributed by atoms with van der Waals surface area (Å²) in [5, 5.41) is 5.06. The van der Waals surface area contributed by atoms with Gasteiger partial charge in [-0.1, -0.05) is 46.7 Å². The number of rotatable bonds is 8. The van der Waals surface area contributed by atoms with Crippen LogP contribution in [-0.4, -0.2) is 63.5 Å². The van der Waals surface area contributed by atoms with E-state index in [0.29, 0.717) is 23.1 Å². The third-order valence-corrected chi connectivity index (χ3v) is 9.18. The van der Waals surface area contributed by atoms with Crippen LogP contribution in [0.4, 0.5) is 10.8 Å². The summed E-state index contributed by atoms with van der Waals surface area (Å²) in [5.74, 6) is -0.342. The van der Waals surface area contributed by atoms with Gasteiger partial charge in [-0.2, -0.15) is 0 Å². The quantitative estimate of drug-likeness (QED) is 0.273. The number of nitrogens with zero attached hydrogens (tertiary/aromatic N) is 3. The molecule has 0 aliphatic carbocycles. The van der Waals surface area contributed by atoms with Crippen LogP contribution in [0.1, 0.15) is 10.4 Å². The summed E-state index contributed by atoms with van der Waals surface area (Å²) in [7, 11) is -3.88. The summed E-state index contributed by atoms with van der Waals surface area (Å²) >= 11 is 13.6. The monoisotopic (exact) mass is 625 g/mol. The van der Waals surface area contributed by atoms with Gasteiger partial charge in [-0.05, 0) is 54.6 Å². The number of para-hydroxylation sites is 1. The van der Waals surface area contributed by atoms with E-state index in [4.69, 9.17) is 28.2 Å². The maximum atomic E-state index is 12.9. The second kappa shape index (κ2) is 12.7. The van der Waals surface area contributed by atoms with Gasteiger partial charge in [0.2, 0.25) is 0 Å². The molecule has 0 bridgehead atoms. The van der Waals surface area contributed by atoms with E-state index in [1.54, 1.807) is 35.6 Å². The molecule has 1 amide bonds. The molecular formula is C26H26Cl3N5O3S2. The second-order valence-corrected chi connectivity index (χ2v) is 12.4. The summed E-state index contributed by atoms with van der Waals surface area (Å²) in [6.45, 7) is 4.52. The highest BCUT2D eigenvalue weighted by Gasteiger charge is 2.21. The molecule has 39 heavy (non-hydrogen) atoms. The van der Waals surface area contributed by atoms with Crippen LogP contribution >= 0.6 is 46.9 Å². The van der Waals surface area contributed by atoms with Gasteiger partial charge in [0.05, 0.1) is 26.4 Å². The number of hydrogen-bond donors (Lipinski definition) is 2. The molecule has 0 spiro atoms. The normalized spacial score (nSPS) is 14.2. The molecule has 0 atom stereocenters. The van der Waals surface area contributed by atoms with Crippen molar-refractivity contribution in [3.8, 4) is 0 Å². The molecule has 3 aromatic carbocycles. The van der Waals surface area contributed by atoms with Gasteiger partial charge in [0.1, 0.15) is 0 Å². The molecule has 1 fully saturated rings. The van der Waals surface area contributed by atoms with Gasteiger partial charge in [0.25, 0.3) is 15.9 Å². The average Bonchev–Trinajstić information content (AvgIpc) is 3.32. The SMILES string of the molecule is Cl.O=C(NCCN1CCN(c2nc3ccc(Cl)cc3s2)CC1)c1ccccc1NS(=O)(=O)c1ccc(Cl)cc1. The first-order valence-electron chi connectivity index (χ1n) is 12.0. The predicted octanol–water partition coefficient (Wildman–Crippen LogP) is 5.38. The number of fused-ring (bicyclic) bond motifs is 1. The maximum Gasteiger partial charge on any atom is 0.261 e. The number of hydrogen-bond acceptors (Lipinski definition) is 7. The lowest BCUT2D eigenvalue weighted by atomic mass is 10.1. The minimum Gasteiger partial charge on any atom is -0.351 e. The number of anilines is 2. The largest absolute Gasteiger partial charge is 0.351 e. The van der Waals surface area contributed by atoms with E-state index in [2.05, 4.69) is 19.8 Å². The van der Waals surface area contributed by atoms with Crippen LogP contribution in [0.5, 0.6) is 0 Å². The molecule has 4 aromatic rings. The molecular weight excluding hydrogens is 601 g/mol. The zero-order chi connectivity index (χ0) is 26.7. The highest BCUT2D eigenvalue weighted by atomic mass is 35.5. The number of nitrogens with one attached hydrogen (secondary N) is 2. The lowest BCUT2D eigenvalue weighted by Gasteiger charge is -2.34. The Morgan fingerprint density at radius 2 is 1.64 bits per heavy atom. The van der Waals surface area contributed by atoms with Crippen molar-refractivity contribution in [1.29, 1.82) is 0 Å². The first-order valence-corrected chi connectivity index (χ1v) is 15.0. The van der Waals surface area contributed by atoms with Crippen molar-refractivity contribution in [3.05, 3.63) is 82.3 Å². The van der Waals surface area contributed by atoms with Gasteiger partial charge in [-0.25, -0.2) is 13.4 Å². The van der Waals surface area contributed by atoms with Crippen molar-refractivity contribution in [2.24, 2.45) is 0 Å². The van der Waals surface area contributed by atoms with E-state index >= 15 is 0 Å². The van der Waals surface area contributed by atoms with Gasteiger partial charge in [-0.15, -0.1) is 12.4 Å². The van der Waals surface area contributed by atoms with Crippen LogP contribution in [0.3, 0.4) is 0 Å². The number of carbonyl (C=O) groups excluding carboxylic acids is 1. The van der Waals surface area contributed by atoms with Gasteiger partial charge >= 0.3 is 0 Å². The highest BCUT2D eigenvalue weighted by Crippen LogP contribution is 2.31. The van der Waals surface area contributed by atoms with Crippen LogP contribution in [0, 0.1) is 0 Å². The minimum absolute atomic E-state index is 0. The van der Waals surface area contributed by atoms with E-state index in [1.165, 1.54) is 24.3 Å². The Labute approximate surface area is 247 Å². The third-order valence-electron chi connectivity index (χ3n) is 6.24. The van der Waals surface area contributed by atoms with E-state index in [9.17, 15) is 13.2 Å². The highest BCUT2D eigenvalue weighted by molar-refractivity contribution is 7.92. The van der Waals surface area contributed by atoms with Crippen LogP contribution in [0.2, 0.25) is 10.0 Å². The number of carbonyl (C=O) groups is 1. The summed E-state index contributed by atoms with van der Waals surface area (Å²) in [6.07, 6.45) is 0. The van der Waals surface area contributed by atoms with Crippen LogP contribution < -0.4 is 14.9 Å². The first kappa shape index (κ1) is 29.4.